The zero-order valence-electron chi connectivity index (χ0n) is 12.1. The predicted octanol–water partition coefficient (Wildman–Crippen LogP) is 1.45. The summed E-state index contributed by atoms with van der Waals surface area (Å²) < 4.78 is 2.29. The van der Waals surface area contributed by atoms with Crippen molar-refractivity contribution in [2.45, 2.75) is 32.7 Å². The summed E-state index contributed by atoms with van der Waals surface area (Å²) in [6, 6.07) is 0. The van der Waals surface area contributed by atoms with E-state index in [1.165, 1.54) is 31.9 Å². The normalized spacial score (nSPS) is 28.9. The molecule has 2 heterocycles. The number of piperidine rings is 1. The molecule has 2 N–H and O–H groups in total. The number of nitrogens with zero attached hydrogens (tertiary/aromatic N) is 2. The van der Waals surface area contributed by atoms with Gasteiger partial charge < -0.3 is 15.2 Å². The first kappa shape index (κ1) is 13.1. The Bertz CT molecular complexity index is 402. The Morgan fingerprint density at radius 1 is 1.42 bits per heavy atom. The lowest BCUT2D eigenvalue weighted by Gasteiger charge is -2.11. The highest BCUT2D eigenvalue weighted by molar-refractivity contribution is 5.04. The minimum atomic E-state index is 0.515. The number of hydrogen-bond acceptors (Lipinski definition) is 3. The van der Waals surface area contributed by atoms with Gasteiger partial charge in [0, 0.05) is 24.9 Å². The van der Waals surface area contributed by atoms with Crippen molar-refractivity contribution in [3.8, 4) is 0 Å². The van der Waals surface area contributed by atoms with Gasteiger partial charge in [0.15, 0.2) is 0 Å². The van der Waals surface area contributed by atoms with Gasteiger partial charge in [0.2, 0.25) is 0 Å². The summed E-state index contributed by atoms with van der Waals surface area (Å²) in [5.41, 5.74) is 0. The zero-order valence-corrected chi connectivity index (χ0v) is 12.1. The van der Waals surface area contributed by atoms with Crippen LogP contribution >= 0.6 is 0 Å². The second kappa shape index (κ2) is 5.63. The Labute approximate surface area is 116 Å². The summed E-state index contributed by atoms with van der Waals surface area (Å²) in [6.07, 6.45) is 5.21. The largest absolute Gasteiger partial charge is 0.335 e. The molecule has 1 aromatic heterocycles. The first-order valence-corrected chi connectivity index (χ1v) is 7.70. The molecule has 3 rings (SSSR count). The van der Waals surface area contributed by atoms with Crippen molar-refractivity contribution in [3.05, 3.63) is 18.2 Å². The summed E-state index contributed by atoms with van der Waals surface area (Å²) in [4.78, 5) is 4.43. The van der Waals surface area contributed by atoms with Crippen LogP contribution in [0.3, 0.4) is 0 Å². The first-order valence-electron chi connectivity index (χ1n) is 7.70. The van der Waals surface area contributed by atoms with Crippen LogP contribution in [0.1, 0.15) is 32.0 Å². The minimum Gasteiger partial charge on any atom is -0.335 e. The van der Waals surface area contributed by atoms with Gasteiger partial charge in [-0.25, -0.2) is 4.98 Å². The number of nitrogens with one attached hydrogen (secondary N) is 2. The van der Waals surface area contributed by atoms with Gasteiger partial charge in [-0.1, -0.05) is 13.8 Å². The summed E-state index contributed by atoms with van der Waals surface area (Å²) in [7, 11) is 0. The lowest BCUT2D eigenvalue weighted by atomic mass is 10.2. The average Bonchev–Trinajstić information content (AvgIpc) is 2.82. The zero-order chi connectivity index (χ0) is 13.2. The molecule has 1 aliphatic heterocycles. The van der Waals surface area contributed by atoms with Crippen LogP contribution < -0.4 is 10.6 Å². The molecule has 1 saturated carbocycles. The van der Waals surface area contributed by atoms with E-state index in [9.17, 15) is 0 Å². The van der Waals surface area contributed by atoms with Crippen molar-refractivity contribution in [1.82, 2.24) is 20.2 Å². The third-order valence-electron chi connectivity index (χ3n) is 4.67. The van der Waals surface area contributed by atoms with Crippen molar-refractivity contribution in [2.75, 3.05) is 26.2 Å². The predicted molar refractivity (Wildman–Crippen MR) is 77.1 cm³/mol. The van der Waals surface area contributed by atoms with Gasteiger partial charge in [-0.3, -0.25) is 0 Å². The maximum absolute atomic E-state index is 4.43. The summed E-state index contributed by atoms with van der Waals surface area (Å²) in [5.74, 6) is 4.65. The van der Waals surface area contributed by atoms with Crippen molar-refractivity contribution in [2.24, 2.45) is 17.8 Å². The van der Waals surface area contributed by atoms with Crippen LogP contribution in [0.25, 0.3) is 0 Å². The Morgan fingerprint density at radius 2 is 2.21 bits per heavy atom. The molecule has 1 unspecified atom stereocenters. The van der Waals surface area contributed by atoms with E-state index in [4.69, 9.17) is 0 Å². The van der Waals surface area contributed by atoms with E-state index in [0.717, 1.165) is 30.8 Å². The van der Waals surface area contributed by atoms with E-state index in [0.29, 0.717) is 5.92 Å². The Kier molecular flexibility index (Phi) is 3.89. The minimum absolute atomic E-state index is 0.515. The van der Waals surface area contributed by atoms with E-state index in [1.54, 1.807) is 0 Å². The van der Waals surface area contributed by atoms with Gasteiger partial charge in [-0.15, -0.1) is 0 Å². The first-order chi connectivity index (χ1) is 9.27. The van der Waals surface area contributed by atoms with Crippen molar-refractivity contribution < 1.29 is 0 Å². The molecule has 1 saturated heterocycles. The molecule has 19 heavy (non-hydrogen) atoms. The third-order valence-corrected chi connectivity index (χ3v) is 4.67. The van der Waals surface area contributed by atoms with Crippen LogP contribution in [-0.2, 0) is 6.54 Å². The molecule has 1 aromatic rings. The highest BCUT2D eigenvalue weighted by Crippen LogP contribution is 2.47. The van der Waals surface area contributed by atoms with Crippen LogP contribution in [0.4, 0.5) is 0 Å². The van der Waals surface area contributed by atoms with Crippen LogP contribution in [0.2, 0.25) is 0 Å². The highest BCUT2D eigenvalue weighted by atomic mass is 15.1. The molecule has 2 aliphatic rings. The quantitative estimate of drug-likeness (QED) is 0.731. The van der Waals surface area contributed by atoms with Crippen molar-refractivity contribution >= 4 is 0 Å². The van der Waals surface area contributed by atoms with Crippen molar-refractivity contribution in [1.29, 1.82) is 0 Å². The van der Waals surface area contributed by atoms with Gasteiger partial charge >= 0.3 is 0 Å². The summed E-state index contributed by atoms with van der Waals surface area (Å²) >= 11 is 0. The summed E-state index contributed by atoms with van der Waals surface area (Å²) in [5, 5.41) is 7.08. The molecule has 0 bridgehead atoms. The number of hydrogen-bond donors (Lipinski definition) is 2. The van der Waals surface area contributed by atoms with Crippen LogP contribution in [-0.4, -0.2) is 35.7 Å². The van der Waals surface area contributed by atoms with Gasteiger partial charge in [0.25, 0.3) is 0 Å². The fourth-order valence-corrected chi connectivity index (χ4v) is 3.50. The van der Waals surface area contributed by atoms with Crippen LogP contribution in [0.5, 0.6) is 0 Å². The monoisotopic (exact) mass is 262 g/mol. The number of aromatic nitrogens is 2. The molecule has 0 spiro atoms. The molecule has 2 fully saturated rings. The fourth-order valence-electron chi connectivity index (χ4n) is 3.50. The Balaban J connectivity index is 1.31. The smallest absolute Gasteiger partial charge is 0.111 e. The van der Waals surface area contributed by atoms with E-state index >= 15 is 0 Å². The second-order valence-electron chi connectivity index (χ2n) is 6.34. The number of fused-ring (bicyclic) bond motifs is 1. The van der Waals surface area contributed by atoms with E-state index in [-0.39, 0.29) is 0 Å². The molecular weight excluding hydrogens is 236 g/mol. The van der Waals surface area contributed by atoms with Crippen LogP contribution in [0, 0.1) is 17.8 Å². The number of aryl methyl sites for hydroxylation is 1. The molecule has 106 valence electrons. The molecule has 3 atom stereocenters. The summed E-state index contributed by atoms with van der Waals surface area (Å²) in [6.45, 7) is 10.3. The van der Waals surface area contributed by atoms with E-state index < -0.39 is 0 Å². The van der Waals surface area contributed by atoms with Crippen molar-refractivity contribution in [3.63, 3.8) is 0 Å². The van der Waals surface area contributed by atoms with E-state index in [1.807, 2.05) is 6.20 Å². The SMILES string of the molecule is CC(C)c1nccn1CCCNCC1[C@H]2CNC[C@@H]12. The van der Waals surface area contributed by atoms with Crippen LogP contribution in [0.15, 0.2) is 12.4 Å². The van der Waals surface area contributed by atoms with Gasteiger partial charge in [-0.05, 0) is 50.4 Å². The molecular formula is C15H26N4. The maximum Gasteiger partial charge on any atom is 0.111 e. The van der Waals surface area contributed by atoms with Gasteiger partial charge in [0.1, 0.15) is 5.82 Å². The average molecular weight is 262 g/mol. The molecule has 1 aliphatic carbocycles. The number of rotatable bonds is 7. The Hall–Kier alpha value is -0.870. The molecule has 0 radical (unpaired) electrons. The fraction of sp³-hybridized carbons (Fsp3) is 0.800. The third kappa shape index (κ3) is 2.84. The van der Waals surface area contributed by atoms with Gasteiger partial charge in [0.05, 0.1) is 0 Å². The highest BCUT2D eigenvalue weighted by Gasteiger charge is 2.51. The Morgan fingerprint density at radius 3 is 2.95 bits per heavy atom. The lowest BCUT2D eigenvalue weighted by molar-refractivity contribution is 0.510. The van der Waals surface area contributed by atoms with E-state index in [2.05, 4.69) is 40.2 Å². The topological polar surface area (TPSA) is 41.9 Å². The number of imidazole rings is 1. The second-order valence-corrected chi connectivity index (χ2v) is 6.34. The standard InChI is InChI=1S/C15H26N4/c1-11(2)15-18-5-7-19(15)6-3-4-16-8-12-13-9-17-10-14(12)13/h5,7,11-14,16-17H,3-4,6,8-10H2,1-2H3/t12?,13-,14+. The molecule has 4 nitrogen and oxygen atoms in total. The molecule has 0 aromatic carbocycles. The van der Waals surface area contributed by atoms with Gasteiger partial charge in [-0.2, -0.15) is 0 Å². The molecule has 0 amide bonds. The molecule has 4 heteroatoms. The lowest BCUT2D eigenvalue weighted by Crippen LogP contribution is -2.24. The maximum atomic E-state index is 4.43.